The number of alkyl halides is 1. The molecule has 0 saturated heterocycles. The minimum Gasteiger partial charge on any atom is -0.444 e. The van der Waals surface area contributed by atoms with E-state index in [0.29, 0.717) is 11.3 Å². The number of nitrogens with zero attached hydrogens (tertiary/aromatic N) is 2. The van der Waals surface area contributed by atoms with Gasteiger partial charge in [-0.05, 0) is 6.07 Å². The highest BCUT2D eigenvalue weighted by molar-refractivity contribution is 6.16. The molecule has 1 heterocycles. The van der Waals surface area contributed by atoms with Crippen molar-refractivity contribution in [3.05, 3.63) is 46.3 Å². The molecule has 0 aliphatic rings. The maximum atomic E-state index is 10.8. The van der Waals surface area contributed by atoms with Crippen molar-refractivity contribution in [2.45, 2.75) is 5.88 Å². The molecule has 1 aromatic heterocycles. The first-order chi connectivity index (χ1) is 7.72. The molecule has 0 amide bonds. The lowest BCUT2D eigenvalue weighted by Crippen LogP contribution is -1.91. The Morgan fingerprint density at radius 1 is 1.44 bits per heavy atom. The number of halogens is 1. The van der Waals surface area contributed by atoms with Crippen molar-refractivity contribution in [2.24, 2.45) is 0 Å². The molecule has 0 N–H and O–H groups in total. The second-order valence-corrected chi connectivity index (χ2v) is 3.32. The molecule has 82 valence electrons. The van der Waals surface area contributed by atoms with Crippen LogP contribution in [-0.2, 0) is 5.88 Å². The zero-order valence-corrected chi connectivity index (χ0v) is 8.85. The summed E-state index contributed by atoms with van der Waals surface area (Å²) >= 11 is 5.57. The van der Waals surface area contributed by atoms with E-state index in [0.717, 1.165) is 0 Å². The lowest BCUT2D eigenvalue weighted by Gasteiger charge is -1.96. The zero-order chi connectivity index (χ0) is 11.5. The van der Waals surface area contributed by atoms with Gasteiger partial charge in [0.1, 0.15) is 11.8 Å². The fourth-order valence-corrected chi connectivity index (χ4v) is 1.43. The standard InChI is InChI=1S/C10H7ClN2O3/c11-5-7-6-16-10(12-7)8-3-1-2-4-9(8)13(14)15/h1-4,6H,5H2. The molecule has 0 atom stereocenters. The Balaban J connectivity index is 2.50. The second kappa shape index (κ2) is 4.32. The molecule has 0 aliphatic carbocycles. The quantitative estimate of drug-likeness (QED) is 0.468. The number of aromatic nitrogens is 1. The summed E-state index contributed by atoms with van der Waals surface area (Å²) in [4.78, 5) is 14.3. The maximum Gasteiger partial charge on any atom is 0.282 e. The molecule has 1 aromatic carbocycles. The largest absolute Gasteiger partial charge is 0.444 e. The van der Waals surface area contributed by atoms with Crippen molar-refractivity contribution in [1.82, 2.24) is 4.98 Å². The van der Waals surface area contributed by atoms with E-state index in [1.54, 1.807) is 18.2 Å². The molecule has 2 rings (SSSR count). The molecule has 0 spiro atoms. The summed E-state index contributed by atoms with van der Waals surface area (Å²) in [7, 11) is 0. The van der Waals surface area contributed by atoms with Crippen molar-refractivity contribution in [1.29, 1.82) is 0 Å². The van der Waals surface area contributed by atoms with E-state index in [4.69, 9.17) is 16.0 Å². The Kier molecular flexibility index (Phi) is 2.87. The van der Waals surface area contributed by atoms with Crippen molar-refractivity contribution in [2.75, 3.05) is 0 Å². The van der Waals surface area contributed by atoms with Gasteiger partial charge in [0, 0.05) is 6.07 Å². The first-order valence-corrected chi connectivity index (χ1v) is 5.00. The van der Waals surface area contributed by atoms with Gasteiger partial charge in [-0.3, -0.25) is 10.1 Å². The predicted octanol–water partition coefficient (Wildman–Crippen LogP) is 2.99. The lowest BCUT2D eigenvalue weighted by molar-refractivity contribution is -0.384. The Morgan fingerprint density at radius 2 is 2.19 bits per heavy atom. The van der Waals surface area contributed by atoms with Crippen LogP contribution in [0.1, 0.15) is 5.69 Å². The van der Waals surface area contributed by atoms with Crippen LogP contribution in [0.25, 0.3) is 11.5 Å². The summed E-state index contributed by atoms with van der Waals surface area (Å²) in [5, 5.41) is 10.8. The topological polar surface area (TPSA) is 69.2 Å². The average Bonchev–Trinajstić information content (AvgIpc) is 2.77. The van der Waals surface area contributed by atoms with Gasteiger partial charge < -0.3 is 4.42 Å². The number of oxazole rings is 1. The molecule has 0 aliphatic heterocycles. The lowest BCUT2D eigenvalue weighted by atomic mass is 10.2. The maximum absolute atomic E-state index is 10.8. The monoisotopic (exact) mass is 238 g/mol. The first-order valence-electron chi connectivity index (χ1n) is 4.46. The molecule has 0 unspecified atom stereocenters. The van der Waals surface area contributed by atoms with Crippen LogP contribution >= 0.6 is 11.6 Å². The third-order valence-corrected chi connectivity index (χ3v) is 2.29. The third kappa shape index (κ3) is 1.90. The Morgan fingerprint density at radius 3 is 2.81 bits per heavy atom. The smallest absolute Gasteiger partial charge is 0.282 e. The number of hydrogen-bond donors (Lipinski definition) is 0. The number of rotatable bonds is 3. The average molecular weight is 239 g/mol. The Labute approximate surface area is 95.8 Å². The summed E-state index contributed by atoms with van der Waals surface area (Å²) in [6.07, 6.45) is 1.39. The van der Waals surface area contributed by atoms with Gasteiger partial charge >= 0.3 is 0 Å². The highest BCUT2D eigenvalue weighted by Gasteiger charge is 2.18. The molecule has 6 heteroatoms. The molecule has 5 nitrogen and oxygen atoms in total. The first kappa shape index (κ1) is 10.6. The number of hydrogen-bond acceptors (Lipinski definition) is 4. The third-order valence-electron chi connectivity index (χ3n) is 2.02. The SMILES string of the molecule is O=[N+]([O-])c1ccccc1-c1nc(CCl)co1. The fraction of sp³-hybridized carbons (Fsp3) is 0.100. The number of nitro groups is 1. The van der Waals surface area contributed by atoms with E-state index >= 15 is 0 Å². The zero-order valence-electron chi connectivity index (χ0n) is 8.09. The normalized spacial score (nSPS) is 10.3. The van der Waals surface area contributed by atoms with Gasteiger partial charge in [0.05, 0.1) is 16.5 Å². The highest BCUT2D eigenvalue weighted by Crippen LogP contribution is 2.28. The molecular weight excluding hydrogens is 232 g/mol. The minimum absolute atomic E-state index is 0.0366. The Hall–Kier alpha value is -1.88. The van der Waals surface area contributed by atoms with Gasteiger partial charge in [0.25, 0.3) is 5.69 Å². The van der Waals surface area contributed by atoms with Crippen LogP contribution in [0.15, 0.2) is 34.9 Å². The van der Waals surface area contributed by atoms with Gasteiger partial charge in [-0.2, -0.15) is 0 Å². The Bertz CT molecular complexity index is 524. The van der Waals surface area contributed by atoms with Crippen molar-refractivity contribution in [3.8, 4) is 11.5 Å². The summed E-state index contributed by atoms with van der Waals surface area (Å²) in [5.41, 5.74) is 0.865. The van der Waals surface area contributed by atoms with Crippen LogP contribution < -0.4 is 0 Å². The number of para-hydroxylation sites is 1. The van der Waals surface area contributed by atoms with Crippen molar-refractivity contribution in [3.63, 3.8) is 0 Å². The summed E-state index contributed by atoms with van der Waals surface area (Å²) in [5.74, 6) is 0.423. The molecular formula is C10H7ClN2O3. The summed E-state index contributed by atoms with van der Waals surface area (Å²) in [6, 6.07) is 6.27. The number of nitro benzene ring substituents is 1. The van der Waals surface area contributed by atoms with Crippen LogP contribution in [0, 0.1) is 10.1 Å². The van der Waals surface area contributed by atoms with Gasteiger partial charge in [-0.1, -0.05) is 12.1 Å². The fourth-order valence-electron chi connectivity index (χ4n) is 1.31. The predicted molar refractivity (Wildman–Crippen MR) is 58.2 cm³/mol. The molecule has 2 aromatic rings. The van der Waals surface area contributed by atoms with Crippen molar-refractivity contribution >= 4 is 17.3 Å². The van der Waals surface area contributed by atoms with Crippen LogP contribution in [0.5, 0.6) is 0 Å². The summed E-state index contributed by atoms with van der Waals surface area (Å²) < 4.78 is 5.13. The van der Waals surface area contributed by atoms with Gasteiger partial charge in [-0.15, -0.1) is 11.6 Å². The van der Waals surface area contributed by atoms with E-state index in [1.165, 1.54) is 12.3 Å². The molecule has 0 radical (unpaired) electrons. The van der Waals surface area contributed by atoms with Crippen molar-refractivity contribution < 1.29 is 9.34 Å². The van der Waals surface area contributed by atoms with Crippen LogP contribution in [0.3, 0.4) is 0 Å². The van der Waals surface area contributed by atoms with Gasteiger partial charge in [0.15, 0.2) is 0 Å². The second-order valence-electron chi connectivity index (χ2n) is 3.05. The van der Waals surface area contributed by atoms with E-state index in [1.807, 2.05) is 0 Å². The van der Waals surface area contributed by atoms with E-state index in [9.17, 15) is 10.1 Å². The molecule has 0 saturated carbocycles. The summed E-state index contributed by atoms with van der Waals surface area (Å²) in [6.45, 7) is 0. The van der Waals surface area contributed by atoms with E-state index < -0.39 is 4.92 Å². The number of benzene rings is 1. The molecule has 0 bridgehead atoms. The molecule has 16 heavy (non-hydrogen) atoms. The van der Waals surface area contributed by atoms with Gasteiger partial charge in [-0.25, -0.2) is 4.98 Å². The van der Waals surface area contributed by atoms with Crippen LogP contribution in [0.4, 0.5) is 5.69 Å². The van der Waals surface area contributed by atoms with Crippen LogP contribution in [-0.4, -0.2) is 9.91 Å². The van der Waals surface area contributed by atoms with E-state index in [2.05, 4.69) is 4.98 Å². The van der Waals surface area contributed by atoms with E-state index in [-0.39, 0.29) is 17.5 Å². The molecule has 0 fully saturated rings. The van der Waals surface area contributed by atoms with Gasteiger partial charge in [0.2, 0.25) is 5.89 Å². The highest BCUT2D eigenvalue weighted by atomic mass is 35.5. The minimum atomic E-state index is -0.472. The van der Waals surface area contributed by atoms with Crippen LogP contribution in [0.2, 0.25) is 0 Å².